The second-order valence-electron chi connectivity index (χ2n) is 7.34. The molecule has 1 aliphatic carbocycles. The first-order valence-electron chi connectivity index (χ1n) is 9.30. The lowest BCUT2D eigenvalue weighted by molar-refractivity contribution is 0.264. The van der Waals surface area contributed by atoms with Crippen LogP contribution in [0.5, 0.6) is 5.75 Å². The monoisotopic (exact) mass is 359 g/mol. The van der Waals surface area contributed by atoms with Crippen LogP contribution in [0.4, 0.5) is 5.69 Å². The number of hydrogen-bond donors (Lipinski definition) is 1. The lowest BCUT2D eigenvalue weighted by Crippen LogP contribution is -2.37. The maximum atomic E-state index is 6.36. The number of benzene rings is 1. The van der Waals surface area contributed by atoms with Crippen molar-refractivity contribution in [2.24, 2.45) is 0 Å². The smallest absolute Gasteiger partial charge is 0.138 e. The number of nitrogens with one attached hydrogen (secondary N) is 1. The predicted octanol–water partition coefficient (Wildman–Crippen LogP) is 4.28. The van der Waals surface area contributed by atoms with Crippen molar-refractivity contribution in [1.29, 1.82) is 0 Å². The number of rotatable bonds is 3. The van der Waals surface area contributed by atoms with Gasteiger partial charge in [-0.15, -0.1) is 0 Å². The highest BCUT2D eigenvalue weighted by molar-refractivity contribution is 6.33. The molecule has 1 aromatic carbocycles. The zero-order chi connectivity index (χ0) is 17.4. The molecule has 0 saturated carbocycles. The lowest BCUT2D eigenvalue weighted by atomic mass is 9.92. The maximum Gasteiger partial charge on any atom is 0.138 e. The van der Waals surface area contributed by atoms with Crippen LogP contribution in [0, 0.1) is 0 Å². The minimum absolute atomic E-state index is 0.523. The molecule has 134 valence electrons. The van der Waals surface area contributed by atoms with E-state index in [4.69, 9.17) is 21.3 Å². The number of nitrogens with zero attached hydrogens (tertiary/aromatic N) is 2. The Bertz CT molecular complexity index is 784. The van der Waals surface area contributed by atoms with E-state index in [0.717, 1.165) is 42.6 Å². The number of methoxy groups -OCH3 is 1. The van der Waals surface area contributed by atoms with Crippen LogP contribution in [-0.4, -0.2) is 43.2 Å². The molecule has 1 fully saturated rings. The number of likely N-dealkylation sites (tertiary alicyclic amines) is 1. The second kappa shape index (κ2) is 7.00. The summed E-state index contributed by atoms with van der Waals surface area (Å²) in [6, 6.07) is 4.52. The highest BCUT2D eigenvalue weighted by Gasteiger charge is 2.23. The molecule has 2 aliphatic rings. The number of aromatic nitrogens is 1. The van der Waals surface area contributed by atoms with E-state index in [1.807, 2.05) is 6.07 Å². The molecular weight excluding hydrogens is 334 g/mol. The Hall–Kier alpha value is -1.52. The Morgan fingerprint density at radius 1 is 1.20 bits per heavy atom. The first kappa shape index (κ1) is 16.9. The van der Waals surface area contributed by atoms with Gasteiger partial charge in [0.2, 0.25) is 0 Å². The SMILES string of the molecule is COc1cc2c(NC3CCN(C)CC3)c3c(nc2cc1Cl)CCCC3. The molecule has 5 heteroatoms. The van der Waals surface area contributed by atoms with Gasteiger partial charge in [0, 0.05) is 22.8 Å². The minimum atomic E-state index is 0.523. The topological polar surface area (TPSA) is 37.4 Å². The maximum absolute atomic E-state index is 6.36. The third-order valence-electron chi connectivity index (χ3n) is 5.60. The fourth-order valence-electron chi connectivity index (χ4n) is 4.10. The quantitative estimate of drug-likeness (QED) is 0.887. The summed E-state index contributed by atoms with van der Waals surface area (Å²) in [7, 11) is 3.87. The molecule has 0 radical (unpaired) electrons. The molecular formula is C20H26ClN3O. The van der Waals surface area contributed by atoms with E-state index in [2.05, 4.69) is 23.3 Å². The van der Waals surface area contributed by atoms with Crippen molar-refractivity contribution < 1.29 is 4.74 Å². The molecule has 1 saturated heterocycles. The molecule has 0 bridgehead atoms. The zero-order valence-corrected chi connectivity index (χ0v) is 15.8. The summed E-state index contributed by atoms with van der Waals surface area (Å²) in [5.74, 6) is 0.721. The van der Waals surface area contributed by atoms with Gasteiger partial charge in [-0.2, -0.15) is 0 Å². The third-order valence-corrected chi connectivity index (χ3v) is 5.90. The number of pyridine rings is 1. The third kappa shape index (κ3) is 3.30. The summed E-state index contributed by atoms with van der Waals surface area (Å²) in [6.45, 7) is 2.30. The van der Waals surface area contributed by atoms with Crippen LogP contribution in [0.15, 0.2) is 12.1 Å². The Balaban J connectivity index is 1.80. The van der Waals surface area contributed by atoms with Crippen LogP contribution in [-0.2, 0) is 12.8 Å². The van der Waals surface area contributed by atoms with Gasteiger partial charge in [0.25, 0.3) is 0 Å². The van der Waals surface area contributed by atoms with Crippen LogP contribution >= 0.6 is 11.6 Å². The Labute approximate surface area is 154 Å². The van der Waals surface area contributed by atoms with E-state index in [1.54, 1.807) is 7.11 Å². The molecule has 0 spiro atoms. The number of hydrogen-bond acceptors (Lipinski definition) is 4. The molecule has 4 nitrogen and oxygen atoms in total. The van der Waals surface area contributed by atoms with Gasteiger partial charge in [0.05, 0.1) is 17.6 Å². The summed E-state index contributed by atoms with van der Waals surface area (Å²) < 4.78 is 5.46. The van der Waals surface area contributed by atoms with Gasteiger partial charge in [-0.1, -0.05) is 11.6 Å². The number of ether oxygens (including phenoxy) is 1. The van der Waals surface area contributed by atoms with Crippen molar-refractivity contribution in [2.45, 2.75) is 44.6 Å². The zero-order valence-electron chi connectivity index (χ0n) is 15.1. The Morgan fingerprint density at radius 3 is 2.72 bits per heavy atom. The summed E-state index contributed by atoms with van der Waals surface area (Å²) in [5.41, 5.74) is 4.89. The molecule has 0 atom stereocenters. The first-order chi connectivity index (χ1) is 12.2. The molecule has 0 unspecified atom stereocenters. The van der Waals surface area contributed by atoms with Crippen molar-refractivity contribution in [1.82, 2.24) is 9.88 Å². The molecule has 25 heavy (non-hydrogen) atoms. The van der Waals surface area contributed by atoms with E-state index >= 15 is 0 Å². The van der Waals surface area contributed by atoms with Gasteiger partial charge in [0.1, 0.15) is 5.75 Å². The number of halogens is 1. The average molecular weight is 360 g/mol. The molecule has 1 N–H and O–H groups in total. The van der Waals surface area contributed by atoms with Crippen molar-refractivity contribution in [3.05, 3.63) is 28.4 Å². The minimum Gasteiger partial charge on any atom is -0.495 e. The molecule has 1 aliphatic heterocycles. The molecule has 4 rings (SSSR count). The van der Waals surface area contributed by atoms with Gasteiger partial charge >= 0.3 is 0 Å². The summed E-state index contributed by atoms with van der Waals surface area (Å²) in [5, 5.41) is 5.65. The van der Waals surface area contributed by atoms with E-state index in [1.165, 1.54) is 42.6 Å². The van der Waals surface area contributed by atoms with Gasteiger partial charge in [-0.05, 0) is 76.4 Å². The fraction of sp³-hybridized carbons (Fsp3) is 0.550. The number of fused-ring (bicyclic) bond motifs is 2. The van der Waals surface area contributed by atoms with Crippen LogP contribution in [0.2, 0.25) is 5.02 Å². The molecule has 2 aromatic rings. The Morgan fingerprint density at radius 2 is 1.96 bits per heavy atom. The molecule has 1 aromatic heterocycles. The largest absolute Gasteiger partial charge is 0.495 e. The average Bonchev–Trinajstić information content (AvgIpc) is 2.63. The van der Waals surface area contributed by atoms with Crippen LogP contribution in [0.25, 0.3) is 10.9 Å². The number of anilines is 1. The number of piperidine rings is 1. The van der Waals surface area contributed by atoms with Crippen molar-refractivity contribution in [3.8, 4) is 5.75 Å². The second-order valence-corrected chi connectivity index (χ2v) is 7.75. The highest BCUT2D eigenvalue weighted by Crippen LogP contribution is 2.38. The van der Waals surface area contributed by atoms with Crippen molar-refractivity contribution in [3.63, 3.8) is 0 Å². The van der Waals surface area contributed by atoms with Crippen molar-refractivity contribution >= 4 is 28.2 Å². The number of aryl methyl sites for hydroxylation is 1. The normalized spacial score (nSPS) is 19.0. The summed E-state index contributed by atoms with van der Waals surface area (Å²) in [4.78, 5) is 7.33. The highest BCUT2D eigenvalue weighted by atomic mass is 35.5. The molecule has 2 heterocycles. The standard InChI is InChI=1S/C20H26ClN3O/c1-24-9-7-13(8-10-24)22-20-14-5-3-4-6-17(14)23-18-12-16(21)19(25-2)11-15(18)20/h11-13H,3-10H2,1-2H3,(H,22,23). The van der Waals surface area contributed by atoms with E-state index < -0.39 is 0 Å². The van der Waals surface area contributed by atoms with E-state index in [0.29, 0.717) is 11.1 Å². The first-order valence-corrected chi connectivity index (χ1v) is 9.67. The van der Waals surface area contributed by atoms with E-state index in [-0.39, 0.29) is 0 Å². The lowest BCUT2D eigenvalue weighted by Gasteiger charge is -2.32. The van der Waals surface area contributed by atoms with Gasteiger partial charge in [0.15, 0.2) is 0 Å². The summed E-state index contributed by atoms with van der Waals surface area (Å²) >= 11 is 6.36. The van der Waals surface area contributed by atoms with Gasteiger partial charge in [-0.25, -0.2) is 0 Å². The van der Waals surface area contributed by atoms with E-state index in [9.17, 15) is 0 Å². The molecule has 0 amide bonds. The van der Waals surface area contributed by atoms with Gasteiger partial charge < -0.3 is 15.0 Å². The Kier molecular flexibility index (Phi) is 4.74. The predicted molar refractivity (Wildman–Crippen MR) is 104 cm³/mol. The van der Waals surface area contributed by atoms with Crippen LogP contribution in [0.3, 0.4) is 0 Å². The van der Waals surface area contributed by atoms with Gasteiger partial charge in [-0.3, -0.25) is 4.98 Å². The van der Waals surface area contributed by atoms with Crippen LogP contribution < -0.4 is 10.1 Å². The van der Waals surface area contributed by atoms with Crippen molar-refractivity contribution in [2.75, 3.05) is 32.6 Å². The summed E-state index contributed by atoms with van der Waals surface area (Å²) in [6.07, 6.45) is 7.00. The van der Waals surface area contributed by atoms with Crippen LogP contribution in [0.1, 0.15) is 36.9 Å². The fourth-order valence-corrected chi connectivity index (χ4v) is 4.34.